The van der Waals surface area contributed by atoms with Gasteiger partial charge in [0.05, 0.1) is 5.69 Å². The highest BCUT2D eigenvalue weighted by Crippen LogP contribution is 1.87. The number of halogens is 1. The molecule has 11 heavy (non-hydrogen) atoms. The predicted octanol–water partition coefficient (Wildman–Crippen LogP) is -1.59. The number of nitrogens with one attached hydrogen (secondary N) is 1. The summed E-state index contributed by atoms with van der Waals surface area (Å²) in [5.74, 6) is 0. The second-order valence-corrected chi connectivity index (χ2v) is 2.66. The first kappa shape index (κ1) is 10.7. The van der Waals surface area contributed by atoms with E-state index in [0.717, 1.165) is 6.54 Å². The van der Waals surface area contributed by atoms with Crippen LogP contribution >= 0.6 is 0 Å². The van der Waals surface area contributed by atoms with Crippen LogP contribution in [0.15, 0.2) is 12.3 Å². The van der Waals surface area contributed by atoms with Crippen molar-refractivity contribution in [3.63, 3.8) is 0 Å². The normalized spacial score (nSPS) is 9.27. The van der Waals surface area contributed by atoms with Gasteiger partial charge < -0.3 is 17.0 Å². The van der Waals surface area contributed by atoms with E-state index in [1.54, 1.807) is 0 Å². The Morgan fingerprint density at radius 2 is 2.27 bits per heavy atom. The molecule has 1 heterocycles. The fourth-order valence-electron chi connectivity index (χ4n) is 0.962. The van der Waals surface area contributed by atoms with Crippen molar-refractivity contribution in [2.45, 2.75) is 33.2 Å². The minimum atomic E-state index is 0. The molecular weight excluding hydrogens is 204 g/mol. The summed E-state index contributed by atoms with van der Waals surface area (Å²) in [7, 11) is 0. The third kappa shape index (κ3) is 3.56. The molecule has 0 aromatic carbocycles. The lowest BCUT2D eigenvalue weighted by atomic mass is 10.3. The number of unbranched alkanes of at least 4 members (excludes halogenated alkanes) is 1. The summed E-state index contributed by atoms with van der Waals surface area (Å²) in [6.07, 6.45) is 4.60. The van der Waals surface area contributed by atoms with Crippen molar-refractivity contribution >= 4 is 0 Å². The second-order valence-electron chi connectivity index (χ2n) is 2.66. The van der Waals surface area contributed by atoms with E-state index in [4.69, 9.17) is 0 Å². The SMILES string of the molecule is CCCC[n+]1ccc(C)[nH]1.[Br-]. The number of rotatable bonds is 3. The molecule has 0 amide bonds. The van der Waals surface area contributed by atoms with Gasteiger partial charge in [-0.25, -0.2) is 0 Å². The summed E-state index contributed by atoms with van der Waals surface area (Å²) in [6.45, 7) is 5.39. The van der Waals surface area contributed by atoms with Gasteiger partial charge in [0, 0.05) is 12.5 Å². The smallest absolute Gasteiger partial charge is 0.195 e. The molecule has 3 heteroatoms. The van der Waals surface area contributed by atoms with Crippen molar-refractivity contribution in [3.8, 4) is 0 Å². The van der Waals surface area contributed by atoms with Gasteiger partial charge in [-0.2, -0.15) is 5.10 Å². The Morgan fingerprint density at radius 1 is 1.55 bits per heavy atom. The third-order valence-corrected chi connectivity index (χ3v) is 1.58. The van der Waals surface area contributed by atoms with Gasteiger partial charge >= 0.3 is 0 Å². The van der Waals surface area contributed by atoms with Gasteiger partial charge in [-0.1, -0.05) is 13.3 Å². The van der Waals surface area contributed by atoms with E-state index >= 15 is 0 Å². The van der Waals surface area contributed by atoms with Gasteiger partial charge in [-0.05, 0) is 6.92 Å². The molecule has 1 rings (SSSR count). The van der Waals surface area contributed by atoms with Crippen molar-refractivity contribution in [1.82, 2.24) is 5.10 Å². The average Bonchev–Trinajstić information content (AvgIpc) is 2.31. The van der Waals surface area contributed by atoms with E-state index in [-0.39, 0.29) is 17.0 Å². The zero-order valence-corrected chi connectivity index (χ0v) is 8.69. The highest BCUT2D eigenvalue weighted by Gasteiger charge is 1.99. The van der Waals surface area contributed by atoms with Gasteiger partial charge in [-0.15, -0.1) is 4.68 Å². The van der Waals surface area contributed by atoms with Crippen LogP contribution in [0.4, 0.5) is 0 Å². The highest BCUT2D eigenvalue weighted by molar-refractivity contribution is 4.88. The Hall–Kier alpha value is -0.310. The fourth-order valence-corrected chi connectivity index (χ4v) is 0.962. The first-order valence-corrected chi connectivity index (χ1v) is 3.88. The first-order valence-electron chi connectivity index (χ1n) is 3.88. The maximum absolute atomic E-state index is 3.23. The van der Waals surface area contributed by atoms with E-state index < -0.39 is 0 Å². The Balaban J connectivity index is 0.000001000. The predicted molar refractivity (Wildman–Crippen MR) is 40.6 cm³/mol. The van der Waals surface area contributed by atoms with Crippen molar-refractivity contribution in [2.24, 2.45) is 0 Å². The Labute approximate surface area is 78.4 Å². The van der Waals surface area contributed by atoms with Crippen molar-refractivity contribution in [3.05, 3.63) is 18.0 Å². The molecule has 2 nitrogen and oxygen atoms in total. The molecule has 0 aliphatic carbocycles. The van der Waals surface area contributed by atoms with Crippen LogP contribution in [0, 0.1) is 6.92 Å². The quantitative estimate of drug-likeness (QED) is 0.592. The van der Waals surface area contributed by atoms with Crippen molar-refractivity contribution in [1.29, 1.82) is 0 Å². The molecule has 0 fully saturated rings. The van der Waals surface area contributed by atoms with Gasteiger partial charge in [0.1, 0.15) is 0 Å². The number of aromatic nitrogens is 2. The van der Waals surface area contributed by atoms with Gasteiger partial charge in [0.2, 0.25) is 0 Å². The summed E-state index contributed by atoms with van der Waals surface area (Å²) in [5, 5.41) is 3.23. The van der Waals surface area contributed by atoms with E-state index in [2.05, 4.69) is 35.9 Å². The van der Waals surface area contributed by atoms with E-state index in [1.807, 2.05) is 0 Å². The summed E-state index contributed by atoms with van der Waals surface area (Å²) in [5.41, 5.74) is 1.23. The summed E-state index contributed by atoms with van der Waals surface area (Å²) < 4.78 is 2.12. The molecule has 0 unspecified atom stereocenters. The Kier molecular flexibility index (Phi) is 5.20. The lowest BCUT2D eigenvalue weighted by Crippen LogP contribution is -3.00. The monoisotopic (exact) mass is 218 g/mol. The summed E-state index contributed by atoms with van der Waals surface area (Å²) in [6, 6.07) is 2.09. The van der Waals surface area contributed by atoms with Crippen molar-refractivity contribution in [2.75, 3.05) is 0 Å². The molecule has 1 aromatic rings. The maximum atomic E-state index is 3.23. The summed E-state index contributed by atoms with van der Waals surface area (Å²) >= 11 is 0. The van der Waals surface area contributed by atoms with Crippen LogP contribution in [0.1, 0.15) is 25.5 Å². The number of hydrogen-bond donors (Lipinski definition) is 1. The summed E-state index contributed by atoms with van der Waals surface area (Å²) in [4.78, 5) is 0. The Morgan fingerprint density at radius 3 is 2.73 bits per heavy atom. The number of hydrogen-bond acceptors (Lipinski definition) is 0. The lowest BCUT2D eigenvalue weighted by molar-refractivity contribution is -0.750. The van der Waals surface area contributed by atoms with Crippen LogP contribution in [0.2, 0.25) is 0 Å². The van der Waals surface area contributed by atoms with E-state index in [1.165, 1.54) is 18.5 Å². The topological polar surface area (TPSA) is 19.7 Å². The van der Waals surface area contributed by atoms with Crippen LogP contribution in [-0.2, 0) is 6.54 Å². The molecular formula is C8H15BrN2. The molecule has 0 spiro atoms. The molecule has 0 radical (unpaired) electrons. The van der Waals surface area contributed by atoms with Crippen LogP contribution in [0.5, 0.6) is 0 Å². The molecule has 0 atom stereocenters. The van der Waals surface area contributed by atoms with Crippen LogP contribution in [-0.4, -0.2) is 5.10 Å². The maximum Gasteiger partial charge on any atom is 0.195 e. The molecule has 0 bridgehead atoms. The van der Waals surface area contributed by atoms with Gasteiger partial charge in [0.15, 0.2) is 12.7 Å². The zero-order valence-electron chi connectivity index (χ0n) is 7.10. The minimum absolute atomic E-state index is 0. The molecule has 1 aromatic heterocycles. The Bertz CT molecular complexity index is 196. The molecule has 0 saturated carbocycles. The third-order valence-electron chi connectivity index (χ3n) is 1.58. The molecule has 0 saturated heterocycles. The van der Waals surface area contributed by atoms with Crippen LogP contribution in [0.3, 0.4) is 0 Å². The van der Waals surface area contributed by atoms with Crippen LogP contribution < -0.4 is 21.7 Å². The first-order chi connectivity index (χ1) is 4.83. The molecule has 0 aliphatic rings. The standard InChI is InChI=1S/C8H14N2.BrH/c1-3-4-6-10-7-5-8(2)9-10;/h5,7H,3-4,6H2,1-2H3;1H. The second kappa shape index (κ2) is 5.35. The number of aromatic amines is 1. The molecule has 0 aliphatic heterocycles. The van der Waals surface area contributed by atoms with E-state index in [0.29, 0.717) is 0 Å². The molecule has 64 valence electrons. The average molecular weight is 219 g/mol. The number of H-pyrrole nitrogens is 1. The number of aryl methyl sites for hydroxylation is 2. The molecule has 1 N–H and O–H groups in total. The van der Waals surface area contributed by atoms with Crippen LogP contribution in [0.25, 0.3) is 0 Å². The highest BCUT2D eigenvalue weighted by atomic mass is 79.9. The lowest BCUT2D eigenvalue weighted by Gasteiger charge is -1.87. The zero-order chi connectivity index (χ0) is 7.40. The largest absolute Gasteiger partial charge is 1.00 e. The fraction of sp³-hybridized carbons (Fsp3) is 0.625. The van der Waals surface area contributed by atoms with Gasteiger partial charge in [0.25, 0.3) is 0 Å². The minimum Gasteiger partial charge on any atom is -1.00 e. The van der Waals surface area contributed by atoms with Gasteiger partial charge in [-0.3, -0.25) is 0 Å². The van der Waals surface area contributed by atoms with E-state index in [9.17, 15) is 0 Å². The van der Waals surface area contributed by atoms with Crippen molar-refractivity contribution < 1.29 is 21.7 Å². The number of nitrogens with zero attached hydrogens (tertiary/aromatic N) is 1.